The number of rotatable bonds is 3. The van der Waals surface area contributed by atoms with Crippen LogP contribution in [0.15, 0.2) is 54.9 Å². The molecule has 0 N–H and O–H groups in total. The summed E-state index contributed by atoms with van der Waals surface area (Å²) in [7, 11) is 2.03. The highest BCUT2D eigenvalue weighted by molar-refractivity contribution is 6.31. The van der Waals surface area contributed by atoms with Gasteiger partial charge in [0.1, 0.15) is 5.82 Å². The normalized spacial score (nSPS) is 10.7. The van der Waals surface area contributed by atoms with Crippen LogP contribution in [-0.4, -0.2) is 17.0 Å². The molecule has 0 atom stereocenters. The lowest BCUT2D eigenvalue weighted by molar-refractivity contribution is 0.900. The second-order valence-electron chi connectivity index (χ2n) is 4.72. The smallest absolute Gasteiger partial charge is 0.129 e. The second-order valence-corrected chi connectivity index (χ2v) is 5.15. The molecule has 0 unspecified atom stereocenters. The van der Waals surface area contributed by atoms with Crippen molar-refractivity contribution in [3.63, 3.8) is 0 Å². The van der Waals surface area contributed by atoms with Crippen LogP contribution in [0.2, 0.25) is 5.02 Å². The van der Waals surface area contributed by atoms with Crippen LogP contribution in [0.3, 0.4) is 0 Å². The van der Waals surface area contributed by atoms with Crippen molar-refractivity contribution in [2.75, 3.05) is 11.9 Å². The molecule has 3 aromatic rings. The molecule has 0 saturated carbocycles. The predicted molar refractivity (Wildman–Crippen MR) is 83.1 cm³/mol. The van der Waals surface area contributed by atoms with E-state index in [1.807, 2.05) is 49.5 Å². The van der Waals surface area contributed by atoms with Crippen LogP contribution in [-0.2, 0) is 6.54 Å². The van der Waals surface area contributed by atoms with E-state index in [-0.39, 0.29) is 0 Å². The first-order valence-electron chi connectivity index (χ1n) is 6.39. The minimum Gasteiger partial charge on any atom is -0.355 e. The van der Waals surface area contributed by atoms with Gasteiger partial charge in [-0.3, -0.25) is 4.98 Å². The molecule has 100 valence electrons. The van der Waals surface area contributed by atoms with Gasteiger partial charge in [0.25, 0.3) is 0 Å². The molecule has 2 heterocycles. The van der Waals surface area contributed by atoms with E-state index in [0.717, 1.165) is 28.3 Å². The van der Waals surface area contributed by atoms with Crippen LogP contribution >= 0.6 is 11.6 Å². The maximum absolute atomic E-state index is 5.98. The lowest BCUT2D eigenvalue weighted by Gasteiger charge is -2.18. The Bertz CT molecular complexity index is 728. The third kappa shape index (κ3) is 2.73. The maximum atomic E-state index is 5.98. The highest BCUT2D eigenvalue weighted by atomic mass is 35.5. The van der Waals surface area contributed by atoms with Gasteiger partial charge >= 0.3 is 0 Å². The summed E-state index contributed by atoms with van der Waals surface area (Å²) >= 11 is 5.98. The molecule has 3 nitrogen and oxygen atoms in total. The van der Waals surface area contributed by atoms with Crippen LogP contribution < -0.4 is 4.90 Å². The Morgan fingerprint density at radius 3 is 2.65 bits per heavy atom. The van der Waals surface area contributed by atoms with E-state index in [4.69, 9.17) is 11.6 Å². The van der Waals surface area contributed by atoms with E-state index in [9.17, 15) is 0 Å². The van der Waals surface area contributed by atoms with E-state index in [2.05, 4.69) is 14.9 Å². The fraction of sp³-hybridized carbons (Fsp3) is 0.125. The fourth-order valence-electron chi connectivity index (χ4n) is 2.14. The van der Waals surface area contributed by atoms with E-state index >= 15 is 0 Å². The fourth-order valence-corrected chi connectivity index (χ4v) is 2.32. The third-order valence-corrected chi connectivity index (χ3v) is 3.43. The average Bonchev–Trinajstić information content (AvgIpc) is 2.47. The number of anilines is 1. The monoisotopic (exact) mass is 283 g/mol. The Labute approximate surface area is 122 Å². The predicted octanol–water partition coefficient (Wildman–Crippen LogP) is 3.92. The lowest BCUT2D eigenvalue weighted by Crippen LogP contribution is -2.17. The molecule has 2 aromatic heterocycles. The van der Waals surface area contributed by atoms with Gasteiger partial charge in [0.2, 0.25) is 0 Å². The molecule has 0 fully saturated rings. The van der Waals surface area contributed by atoms with Gasteiger partial charge in [-0.1, -0.05) is 11.6 Å². The summed E-state index contributed by atoms with van der Waals surface area (Å²) < 4.78 is 0. The van der Waals surface area contributed by atoms with Crippen molar-refractivity contribution >= 4 is 28.3 Å². The van der Waals surface area contributed by atoms with Gasteiger partial charge in [-0.25, -0.2) is 4.98 Å². The van der Waals surface area contributed by atoms with Crippen LogP contribution in [0.4, 0.5) is 5.82 Å². The zero-order valence-corrected chi connectivity index (χ0v) is 11.9. The van der Waals surface area contributed by atoms with Crippen molar-refractivity contribution in [1.29, 1.82) is 0 Å². The van der Waals surface area contributed by atoms with Gasteiger partial charge in [0, 0.05) is 36.4 Å². The number of hydrogen-bond donors (Lipinski definition) is 0. The topological polar surface area (TPSA) is 29.0 Å². The summed E-state index contributed by atoms with van der Waals surface area (Å²) in [6.45, 7) is 0.800. The maximum Gasteiger partial charge on any atom is 0.129 e. The first-order chi connectivity index (χ1) is 9.72. The van der Waals surface area contributed by atoms with E-state index in [0.29, 0.717) is 0 Å². The average molecular weight is 284 g/mol. The molecule has 0 amide bonds. The SMILES string of the molecule is CN(Cc1ccncc1)c1ccc2cc(Cl)ccc2n1. The number of fused-ring (bicyclic) bond motifs is 1. The van der Waals surface area contributed by atoms with Gasteiger partial charge < -0.3 is 4.90 Å². The molecule has 0 bridgehead atoms. The van der Waals surface area contributed by atoms with Crippen LogP contribution in [0.1, 0.15) is 5.56 Å². The van der Waals surface area contributed by atoms with Crippen molar-refractivity contribution in [3.8, 4) is 0 Å². The minimum atomic E-state index is 0.734. The van der Waals surface area contributed by atoms with Crippen molar-refractivity contribution in [2.45, 2.75) is 6.54 Å². The Morgan fingerprint density at radius 2 is 1.85 bits per heavy atom. The molecule has 0 aliphatic carbocycles. The van der Waals surface area contributed by atoms with Crippen molar-refractivity contribution in [3.05, 3.63) is 65.4 Å². The molecule has 3 rings (SSSR count). The highest BCUT2D eigenvalue weighted by Crippen LogP contribution is 2.21. The standard InChI is InChI=1S/C16H14ClN3/c1-20(11-12-6-8-18-9-7-12)16-5-2-13-10-14(17)3-4-15(13)19-16/h2-10H,11H2,1H3. The Kier molecular flexibility index (Phi) is 3.52. The molecule has 0 radical (unpaired) electrons. The minimum absolute atomic E-state index is 0.734. The summed E-state index contributed by atoms with van der Waals surface area (Å²) in [5.41, 5.74) is 2.16. The third-order valence-electron chi connectivity index (χ3n) is 3.20. The van der Waals surface area contributed by atoms with Crippen LogP contribution in [0.25, 0.3) is 10.9 Å². The second kappa shape index (κ2) is 5.47. The van der Waals surface area contributed by atoms with Gasteiger partial charge in [-0.2, -0.15) is 0 Å². The van der Waals surface area contributed by atoms with Crippen LogP contribution in [0.5, 0.6) is 0 Å². The molecular formula is C16H14ClN3. The summed E-state index contributed by atoms with van der Waals surface area (Å²) in [4.78, 5) is 10.8. The quantitative estimate of drug-likeness (QED) is 0.729. The number of hydrogen-bond acceptors (Lipinski definition) is 3. The van der Waals surface area contributed by atoms with Crippen molar-refractivity contribution < 1.29 is 0 Å². The highest BCUT2D eigenvalue weighted by Gasteiger charge is 2.05. The molecule has 0 aliphatic rings. The molecule has 1 aromatic carbocycles. The Morgan fingerprint density at radius 1 is 1.05 bits per heavy atom. The van der Waals surface area contributed by atoms with Gasteiger partial charge in [-0.05, 0) is 48.0 Å². The molecule has 20 heavy (non-hydrogen) atoms. The van der Waals surface area contributed by atoms with Crippen molar-refractivity contribution in [2.24, 2.45) is 0 Å². The van der Waals surface area contributed by atoms with E-state index in [1.165, 1.54) is 5.56 Å². The number of benzene rings is 1. The summed E-state index contributed by atoms with van der Waals surface area (Å²) in [6.07, 6.45) is 3.61. The van der Waals surface area contributed by atoms with Gasteiger partial charge in [-0.15, -0.1) is 0 Å². The summed E-state index contributed by atoms with van der Waals surface area (Å²) in [6, 6.07) is 13.8. The first-order valence-corrected chi connectivity index (χ1v) is 6.76. The molecule has 0 aliphatic heterocycles. The summed E-state index contributed by atoms with van der Waals surface area (Å²) in [5, 5.41) is 1.79. The van der Waals surface area contributed by atoms with Gasteiger partial charge in [0.15, 0.2) is 0 Å². The van der Waals surface area contributed by atoms with Crippen molar-refractivity contribution in [1.82, 2.24) is 9.97 Å². The largest absolute Gasteiger partial charge is 0.355 e. The number of nitrogens with zero attached hydrogens (tertiary/aromatic N) is 3. The molecule has 4 heteroatoms. The Hall–Kier alpha value is -2.13. The van der Waals surface area contributed by atoms with Gasteiger partial charge in [0.05, 0.1) is 5.52 Å². The molecule has 0 saturated heterocycles. The lowest BCUT2D eigenvalue weighted by atomic mass is 10.2. The number of halogens is 1. The molecular weight excluding hydrogens is 270 g/mol. The molecule has 0 spiro atoms. The zero-order chi connectivity index (χ0) is 13.9. The van der Waals surface area contributed by atoms with Crippen LogP contribution in [0, 0.1) is 0 Å². The first kappa shape index (κ1) is 12.9. The van der Waals surface area contributed by atoms with E-state index in [1.54, 1.807) is 12.4 Å². The Balaban J connectivity index is 1.88. The summed E-state index contributed by atoms with van der Waals surface area (Å²) in [5.74, 6) is 0.941. The number of aromatic nitrogens is 2. The van der Waals surface area contributed by atoms with E-state index < -0.39 is 0 Å². The zero-order valence-electron chi connectivity index (χ0n) is 11.1. The number of pyridine rings is 2.